The molecule has 0 aliphatic carbocycles. The summed E-state index contributed by atoms with van der Waals surface area (Å²) in [6.45, 7) is 1.05. The normalized spacial score (nSPS) is 25.9. The van der Waals surface area contributed by atoms with Gasteiger partial charge in [0.25, 0.3) is 10.1 Å². The molecule has 128 valence electrons. The Bertz CT molecular complexity index is 467. The van der Waals surface area contributed by atoms with Crippen LogP contribution in [0.3, 0.4) is 0 Å². The molecule has 2 unspecified atom stereocenters. The number of alkyl halides is 2. The quantitative estimate of drug-likeness (QED) is 0.246. The molecule has 0 saturated carbocycles. The molecule has 1 aliphatic rings. The zero-order valence-electron chi connectivity index (χ0n) is 11.3. The van der Waals surface area contributed by atoms with Crippen LogP contribution in [0.2, 0.25) is 0 Å². The third kappa shape index (κ3) is 8.87. The van der Waals surface area contributed by atoms with Crippen molar-refractivity contribution in [2.45, 2.75) is 11.8 Å². The summed E-state index contributed by atoms with van der Waals surface area (Å²) >= 11 is 12.7. The predicted molar refractivity (Wildman–Crippen MR) is 94.1 cm³/mol. The van der Waals surface area contributed by atoms with Gasteiger partial charge in [0.1, 0.15) is 0 Å². The SMILES string of the molecule is O=P1(N(CCCl)CCCl)NC(SCCS(=O)(=O)O)CCO1.[NaH]. The van der Waals surface area contributed by atoms with Gasteiger partial charge in [-0.3, -0.25) is 9.12 Å². The van der Waals surface area contributed by atoms with Crippen LogP contribution in [0.1, 0.15) is 6.42 Å². The number of nitrogens with zero attached hydrogens (tertiary/aromatic N) is 1. The first-order valence-electron chi connectivity index (χ1n) is 6.27. The van der Waals surface area contributed by atoms with Gasteiger partial charge in [-0.25, -0.2) is 9.76 Å². The number of hydrogen-bond donors (Lipinski definition) is 2. The molecular formula is C9H20Cl2N2NaO5PS2. The number of halogens is 2. The predicted octanol–water partition coefficient (Wildman–Crippen LogP) is 1.18. The van der Waals surface area contributed by atoms with Gasteiger partial charge in [-0.1, -0.05) is 0 Å². The summed E-state index contributed by atoms with van der Waals surface area (Å²) in [6, 6.07) is 0. The topological polar surface area (TPSA) is 95.9 Å². The van der Waals surface area contributed by atoms with Crippen molar-refractivity contribution in [3.63, 3.8) is 0 Å². The van der Waals surface area contributed by atoms with Crippen LogP contribution in [0.25, 0.3) is 0 Å². The fraction of sp³-hybridized carbons (Fsp3) is 1.00. The molecule has 0 aromatic heterocycles. The average molecular weight is 425 g/mol. The molecule has 1 saturated heterocycles. The van der Waals surface area contributed by atoms with E-state index in [9.17, 15) is 13.0 Å². The fourth-order valence-electron chi connectivity index (χ4n) is 1.72. The summed E-state index contributed by atoms with van der Waals surface area (Å²) in [6.07, 6.45) is 0.593. The summed E-state index contributed by atoms with van der Waals surface area (Å²) in [5.74, 6) is 0.467. The van der Waals surface area contributed by atoms with Crippen molar-refractivity contribution in [2.24, 2.45) is 0 Å². The van der Waals surface area contributed by atoms with Crippen LogP contribution < -0.4 is 5.09 Å². The van der Waals surface area contributed by atoms with Crippen molar-refractivity contribution in [2.75, 3.05) is 43.0 Å². The molecule has 0 spiro atoms. The fourth-order valence-corrected chi connectivity index (χ4v) is 6.81. The first-order chi connectivity index (χ1) is 9.80. The van der Waals surface area contributed by atoms with Crippen molar-refractivity contribution >= 4 is 82.3 Å². The molecule has 13 heteroatoms. The van der Waals surface area contributed by atoms with E-state index in [0.717, 1.165) is 0 Å². The summed E-state index contributed by atoms with van der Waals surface area (Å²) < 4.78 is 49.8. The van der Waals surface area contributed by atoms with Crippen LogP contribution in [0.5, 0.6) is 0 Å². The van der Waals surface area contributed by atoms with E-state index in [1.54, 1.807) is 4.67 Å². The van der Waals surface area contributed by atoms with Gasteiger partial charge < -0.3 is 4.52 Å². The molecule has 2 N–H and O–H groups in total. The van der Waals surface area contributed by atoms with E-state index in [-0.39, 0.29) is 46.4 Å². The summed E-state index contributed by atoms with van der Waals surface area (Å²) in [5.41, 5.74) is 0. The molecule has 2 atom stereocenters. The van der Waals surface area contributed by atoms with Gasteiger partial charge in [0, 0.05) is 30.6 Å². The molecule has 0 aromatic carbocycles. The Morgan fingerprint density at radius 2 is 1.95 bits per heavy atom. The molecule has 1 heterocycles. The van der Waals surface area contributed by atoms with Crippen molar-refractivity contribution in [1.29, 1.82) is 0 Å². The minimum atomic E-state index is -3.98. The molecule has 0 aromatic rings. The Labute approximate surface area is 167 Å². The van der Waals surface area contributed by atoms with Gasteiger partial charge in [-0.2, -0.15) is 8.42 Å². The van der Waals surface area contributed by atoms with Gasteiger partial charge in [0.2, 0.25) is 0 Å². The summed E-state index contributed by atoms with van der Waals surface area (Å²) in [5, 5.41) is 2.71. The van der Waals surface area contributed by atoms with E-state index in [1.165, 1.54) is 11.8 Å². The molecule has 0 radical (unpaired) electrons. The maximum atomic E-state index is 12.8. The molecule has 0 amide bonds. The first-order valence-corrected chi connectivity index (χ1v) is 11.6. The Hall–Kier alpha value is 1.95. The Morgan fingerprint density at radius 3 is 2.45 bits per heavy atom. The third-order valence-corrected chi connectivity index (χ3v) is 7.67. The zero-order chi connectivity index (χ0) is 15.9. The Kier molecular flexibility index (Phi) is 12.6. The van der Waals surface area contributed by atoms with E-state index < -0.39 is 17.8 Å². The van der Waals surface area contributed by atoms with Crippen molar-refractivity contribution in [3.8, 4) is 0 Å². The van der Waals surface area contributed by atoms with E-state index in [2.05, 4.69) is 5.09 Å². The Balaban J connectivity index is 0.00000441. The number of thioether (sulfide) groups is 1. The van der Waals surface area contributed by atoms with Gasteiger partial charge >= 0.3 is 37.2 Å². The van der Waals surface area contributed by atoms with Crippen molar-refractivity contribution < 1.29 is 22.1 Å². The number of rotatable bonds is 9. The molecule has 22 heavy (non-hydrogen) atoms. The minimum absolute atomic E-state index is 0. The third-order valence-electron chi connectivity index (χ3n) is 2.67. The molecular weight excluding hydrogens is 405 g/mol. The molecule has 1 fully saturated rings. The van der Waals surface area contributed by atoms with Crippen LogP contribution in [0.15, 0.2) is 0 Å². The van der Waals surface area contributed by atoms with E-state index in [0.29, 0.717) is 37.9 Å². The van der Waals surface area contributed by atoms with Gasteiger partial charge in [-0.15, -0.1) is 35.0 Å². The number of hydrogen-bond acceptors (Lipinski definition) is 5. The van der Waals surface area contributed by atoms with Crippen molar-refractivity contribution in [3.05, 3.63) is 0 Å². The number of nitrogens with one attached hydrogen (secondary N) is 1. The first kappa shape index (κ1) is 23.9. The van der Waals surface area contributed by atoms with Gasteiger partial charge in [0.05, 0.1) is 17.7 Å². The Morgan fingerprint density at radius 1 is 1.36 bits per heavy atom. The molecule has 1 aliphatic heterocycles. The second-order valence-corrected chi connectivity index (χ2v) is 10.0. The monoisotopic (exact) mass is 424 g/mol. The van der Waals surface area contributed by atoms with Crippen LogP contribution in [0.4, 0.5) is 0 Å². The molecule has 1 rings (SSSR count). The van der Waals surface area contributed by atoms with Crippen molar-refractivity contribution in [1.82, 2.24) is 9.76 Å². The summed E-state index contributed by atoms with van der Waals surface area (Å²) in [7, 11) is -7.19. The zero-order valence-corrected chi connectivity index (χ0v) is 15.3. The van der Waals surface area contributed by atoms with Crippen LogP contribution >= 0.6 is 42.6 Å². The average Bonchev–Trinajstić information content (AvgIpc) is 2.37. The van der Waals surface area contributed by atoms with E-state index in [4.69, 9.17) is 32.3 Å². The standard InChI is InChI=1S/C9H19Cl2N2O5PS2.Na.H/c10-2-4-13(5-3-11)19(14)12-9(1-6-18-19)20-7-8-21(15,16)17;;/h9H,1-8H2,(H,12,14)(H,15,16,17);;. The van der Waals surface area contributed by atoms with E-state index in [1.807, 2.05) is 0 Å². The van der Waals surface area contributed by atoms with E-state index >= 15 is 0 Å². The van der Waals surface area contributed by atoms with Crippen LogP contribution in [-0.4, -0.2) is 95.5 Å². The maximum absolute atomic E-state index is 12.8. The van der Waals surface area contributed by atoms with Gasteiger partial charge in [-0.05, 0) is 6.42 Å². The summed E-state index contributed by atoms with van der Waals surface area (Å²) in [4.78, 5) is 0. The second-order valence-electron chi connectivity index (χ2n) is 4.25. The van der Waals surface area contributed by atoms with Crippen LogP contribution in [-0.2, 0) is 19.2 Å². The van der Waals surface area contributed by atoms with Crippen LogP contribution in [0, 0.1) is 0 Å². The second kappa shape index (κ2) is 11.5. The van der Waals surface area contributed by atoms with Gasteiger partial charge in [0.15, 0.2) is 0 Å². The molecule has 7 nitrogen and oxygen atoms in total. The molecule has 0 bridgehead atoms.